The molecule has 0 aliphatic carbocycles. The van der Waals surface area contributed by atoms with Gasteiger partial charge in [-0.05, 0) is 62.1 Å². The third-order valence-corrected chi connectivity index (χ3v) is 9.32. The molecule has 3 heterocycles. The summed E-state index contributed by atoms with van der Waals surface area (Å²) in [4.78, 5) is 25.9. The molecule has 0 saturated carbocycles. The van der Waals surface area contributed by atoms with Gasteiger partial charge in [-0.3, -0.25) is 9.36 Å². The Morgan fingerprint density at radius 2 is 1.60 bits per heavy atom. The van der Waals surface area contributed by atoms with Crippen LogP contribution in [0, 0.1) is 26.6 Å². The molecule has 5 nitrogen and oxygen atoms in total. The lowest BCUT2D eigenvalue weighted by atomic mass is 10.1. The summed E-state index contributed by atoms with van der Waals surface area (Å²) in [6, 6.07) is 26.4. The Kier molecular flexibility index (Phi) is 8.31. The van der Waals surface area contributed by atoms with E-state index in [9.17, 15) is 4.79 Å². The van der Waals surface area contributed by atoms with Crippen LogP contribution in [0.2, 0.25) is 0 Å². The van der Waals surface area contributed by atoms with Crippen molar-refractivity contribution in [3.8, 4) is 38.1 Å². The average molecular weight is 608 g/mol. The fourth-order valence-electron chi connectivity index (χ4n) is 5.13. The Morgan fingerprint density at radius 1 is 0.884 bits per heavy atom. The van der Waals surface area contributed by atoms with Gasteiger partial charge in [0.1, 0.15) is 12.4 Å². The molecule has 8 heteroatoms. The Hall–Kier alpha value is -4.40. The second kappa shape index (κ2) is 12.5. The first kappa shape index (κ1) is 28.7. The molecule has 216 valence electrons. The van der Waals surface area contributed by atoms with Crippen molar-refractivity contribution in [3.63, 3.8) is 0 Å². The number of rotatable bonds is 9. The minimum absolute atomic E-state index is 0.0759. The van der Waals surface area contributed by atoms with Gasteiger partial charge in [-0.1, -0.05) is 66.7 Å². The number of hydrogen-bond donors (Lipinski definition) is 0. The van der Waals surface area contributed by atoms with Crippen molar-refractivity contribution < 1.29 is 9.13 Å². The van der Waals surface area contributed by atoms with Crippen molar-refractivity contribution in [2.75, 3.05) is 0 Å². The summed E-state index contributed by atoms with van der Waals surface area (Å²) >= 11 is 3.16. The quantitative estimate of drug-likeness (QED) is 0.165. The van der Waals surface area contributed by atoms with E-state index in [2.05, 4.69) is 4.98 Å². The lowest BCUT2D eigenvalue weighted by Gasteiger charge is -2.18. The molecule has 0 atom stereocenters. The minimum atomic E-state index is -0.504. The van der Waals surface area contributed by atoms with Crippen LogP contribution in [0.4, 0.5) is 4.39 Å². The first-order chi connectivity index (χ1) is 20.9. The van der Waals surface area contributed by atoms with E-state index >= 15 is 4.39 Å². The molecule has 0 aliphatic rings. The van der Waals surface area contributed by atoms with Gasteiger partial charge in [-0.2, -0.15) is 0 Å². The van der Waals surface area contributed by atoms with Crippen molar-refractivity contribution >= 4 is 22.7 Å². The number of aryl methyl sites for hydroxylation is 4. The molecule has 0 N–H and O–H groups in total. The number of halogens is 1. The Labute approximate surface area is 257 Å². The van der Waals surface area contributed by atoms with Gasteiger partial charge in [-0.25, -0.2) is 14.4 Å². The van der Waals surface area contributed by atoms with E-state index in [4.69, 9.17) is 9.72 Å². The van der Waals surface area contributed by atoms with Crippen molar-refractivity contribution in [1.82, 2.24) is 14.5 Å². The van der Waals surface area contributed by atoms with Crippen LogP contribution in [-0.4, -0.2) is 14.5 Å². The number of hydrogen-bond acceptors (Lipinski definition) is 6. The maximum atomic E-state index is 15.3. The first-order valence-electron chi connectivity index (χ1n) is 14.0. The highest BCUT2D eigenvalue weighted by molar-refractivity contribution is 7.19. The Bertz CT molecular complexity index is 1950. The number of aromatic nitrogens is 3. The number of thiophene rings is 1. The maximum absolute atomic E-state index is 15.3. The number of ether oxygens (including phenoxy) is 1. The zero-order chi connectivity index (χ0) is 29.9. The second-order valence-corrected chi connectivity index (χ2v) is 12.5. The molecule has 0 unspecified atom stereocenters. The van der Waals surface area contributed by atoms with E-state index in [-0.39, 0.29) is 17.9 Å². The molecule has 6 aromatic rings. The van der Waals surface area contributed by atoms with Crippen LogP contribution in [-0.2, 0) is 19.6 Å². The molecule has 3 aromatic heterocycles. The summed E-state index contributed by atoms with van der Waals surface area (Å²) in [5, 5.41) is 3.04. The van der Waals surface area contributed by atoms with E-state index < -0.39 is 5.82 Å². The van der Waals surface area contributed by atoms with Gasteiger partial charge < -0.3 is 4.74 Å². The highest BCUT2D eigenvalue weighted by atomic mass is 32.1. The molecule has 0 aliphatic heterocycles. The average Bonchev–Trinajstić information content (AvgIpc) is 3.61. The number of thiazole rings is 1. The minimum Gasteiger partial charge on any atom is -0.485 e. The van der Waals surface area contributed by atoms with Crippen LogP contribution < -0.4 is 10.3 Å². The van der Waals surface area contributed by atoms with E-state index in [1.54, 1.807) is 39.4 Å². The molecule has 6 rings (SSSR count). The summed E-state index contributed by atoms with van der Waals surface area (Å²) < 4.78 is 23.1. The molecule has 0 radical (unpaired) electrons. The van der Waals surface area contributed by atoms with Crippen molar-refractivity contribution in [3.05, 3.63) is 134 Å². The smallest absolute Gasteiger partial charge is 0.262 e. The second-order valence-electron chi connectivity index (χ2n) is 10.4. The van der Waals surface area contributed by atoms with Crippen LogP contribution in [0.1, 0.15) is 27.4 Å². The van der Waals surface area contributed by atoms with Crippen molar-refractivity contribution in [2.24, 2.45) is 0 Å². The Morgan fingerprint density at radius 3 is 2.30 bits per heavy atom. The fourth-order valence-corrected chi connectivity index (χ4v) is 7.03. The van der Waals surface area contributed by atoms with Crippen molar-refractivity contribution in [2.45, 2.75) is 40.3 Å². The molecule has 43 heavy (non-hydrogen) atoms. The third-order valence-electron chi connectivity index (χ3n) is 7.27. The maximum Gasteiger partial charge on any atom is 0.262 e. The highest BCUT2D eigenvalue weighted by Gasteiger charge is 2.23. The zero-order valence-corrected chi connectivity index (χ0v) is 25.8. The predicted molar refractivity (Wildman–Crippen MR) is 173 cm³/mol. The highest BCUT2D eigenvalue weighted by Crippen LogP contribution is 2.39. The molecule has 0 spiro atoms. The van der Waals surface area contributed by atoms with E-state index in [1.165, 1.54) is 6.07 Å². The van der Waals surface area contributed by atoms with Crippen LogP contribution >= 0.6 is 22.7 Å². The van der Waals surface area contributed by atoms with Gasteiger partial charge in [0.2, 0.25) is 0 Å². The van der Waals surface area contributed by atoms with E-state index in [0.717, 1.165) is 37.1 Å². The Balaban J connectivity index is 1.47. The molecular formula is C35H30FN3O2S2. The topological polar surface area (TPSA) is 57.0 Å². The number of benzene rings is 3. The largest absolute Gasteiger partial charge is 0.485 e. The summed E-state index contributed by atoms with van der Waals surface area (Å²) in [5.74, 6) is -0.0449. The van der Waals surface area contributed by atoms with E-state index in [0.29, 0.717) is 35.6 Å². The SMILES string of the molecule is Cc1nc(-c2sc(-c3c(C)nc(-c4cccc(F)c4OCc4ccccc4)n(CCc4ccccc4)c3=O)cc2C)cs1. The standard InChI is InChI=1S/C35H30FN3O2S2/c1-22-19-30(43-33(22)29-21-42-24(3)38-29)31-23(2)37-34(39(35(31)40)18-17-25-11-6-4-7-12-25)27-15-10-16-28(36)32(27)41-20-26-13-8-5-9-14-26/h4-16,19,21H,17-18,20H2,1-3H3. The summed E-state index contributed by atoms with van der Waals surface area (Å²) in [7, 11) is 0. The van der Waals surface area contributed by atoms with Gasteiger partial charge in [0.25, 0.3) is 5.56 Å². The van der Waals surface area contributed by atoms with Gasteiger partial charge in [0, 0.05) is 16.8 Å². The predicted octanol–water partition coefficient (Wildman–Crippen LogP) is 8.65. The summed E-state index contributed by atoms with van der Waals surface area (Å²) in [6.45, 7) is 6.43. The van der Waals surface area contributed by atoms with E-state index in [1.807, 2.05) is 92.9 Å². The zero-order valence-electron chi connectivity index (χ0n) is 24.1. The van der Waals surface area contributed by atoms with Crippen LogP contribution in [0.25, 0.3) is 32.4 Å². The van der Waals surface area contributed by atoms with Crippen LogP contribution in [0.5, 0.6) is 5.75 Å². The normalized spacial score (nSPS) is 11.2. The van der Waals surface area contributed by atoms with Gasteiger partial charge >= 0.3 is 0 Å². The summed E-state index contributed by atoms with van der Waals surface area (Å²) in [6.07, 6.45) is 0.611. The van der Waals surface area contributed by atoms with Gasteiger partial charge in [-0.15, -0.1) is 22.7 Å². The first-order valence-corrected chi connectivity index (χ1v) is 15.7. The van der Waals surface area contributed by atoms with Crippen LogP contribution in [0.3, 0.4) is 0 Å². The summed E-state index contributed by atoms with van der Waals surface area (Å²) in [5.41, 5.74) is 5.39. The molecule has 0 saturated heterocycles. The number of para-hydroxylation sites is 1. The van der Waals surface area contributed by atoms with Crippen molar-refractivity contribution in [1.29, 1.82) is 0 Å². The number of nitrogens with zero attached hydrogens (tertiary/aromatic N) is 3. The molecule has 0 fully saturated rings. The lowest BCUT2D eigenvalue weighted by molar-refractivity contribution is 0.291. The molecule has 0 amide bonds. The molecule has 3 aromatic carbocycles. The molecule has 0 bridgehead atoms. The molecular weight excluding hydrogens is 578 g/mol. The third kappa shape index (κ3) is 6.07. The van der Waals surface area contributed by atoms with Gasteiger partial charge in [0.15, 0.2) is 11.6 Å². The van der Waals surface area contributed by atoms with Crippen LogP contribution in [0.15, 0.2) is 95.1 Å². The van der Waals surface area contributed by atoms with Gasteiger partial charge in [0.05, 0.1) is 32.4 Å². The monoisotopic (exact) mass is 607 g/mol. The lowest BCUT2D eigenvalue weighted by Crippen LogP contribution is -2.27. The fraction of sp³-hybridized carbons (Fsp3) is 0.171.